The van der Waals surface area contributed by atoms with Gasteiger partial charge in [0.2, 0.25) is 0 Å². The van der Waals surface area contributed by atoms with E-state index in [0.717, 1.165) is 6.61 Å². The van der Waals surface area contributed by atoms with Gasteiger partial charge in [-0.15, -0.1) is 0 Å². The summed E-state index contributed by atoms with van der Waals surface area (Å²) in [5.41, 5.74) is 0. The van der Waals surface area contributed by atoms with Crippen molar-refractivity contribution >= 4 is 0 Å². The van der Waals surface area contributed by atoms with Crippen LogP contribution in [0.2, 0.25) is 0 Å². The second-order valence-electron chi connectivity index (χ2n) is 2.05. The predicted molar refractivity (Wildman–Crippen MR) is 39.3 cm³/mol. The maximum absolute atomic E-state index is 5.26. The Hall–Kier alpha value is -0.340. The minimum Gasteiger partial charge on any atom is -0.360 e. The van der Waals surface area contributed by atoms with Gasteiger partial charge >= 0.3 is 0 Å². The third-order valence-electron chi connectivity index (χ3n) is 1.05. The van der Waals surface area contributed by atoms with E-state index in [1.165, 1.54) is 0 Å². The molecule has 9 heavy (non-hydrogen) atoms. The fraction of sp³-hybridized carbons (Fsp3) is 0.714. The molecule has 1 unspecified atom stereocenters. The molecule has 0 aromatic heterocycles. The Kier molecular flexibility index (Phi) is 4.36. The maximum Gasteiger partial charge on any atom is 0.129 e. The normalized spacial score (nSPS) is 13.8. The summed E-state index contributed by atoms with van der Waals surface area (Å²) in [7, 11) is 3.92. The van der Waals surface area contributed by atoms with Crippen LogP contribution in [-0.4, -0.2) is 31.8 Å². The molecule has 1 atom stereocenters. The lowest BCUT2D eigenvalue weighted by Gasteiger charge is -2.19. The molecule has 0 aromatic rings. The first-order valence-corrected chi connectivity index (χ1v) is 3.13. The van der Waals surface area contributed by atoms with E-state index in [4.69, 9.17) is 4.74 Å². The molecule has 0 saturated carbocycles. The Labute approximate surface area is 57.1 Å². The van der Waals surface area contributed by atoms with Crippen LogP contribution in [0.3, 0.4) is 0 Å². The third kappa shape index (κ3) is 3.27. The summed E-state index contributed by atoms with van der Waals surface area (Å²) in [6, 6.07) is 0. The Balaban J connectivity index is 3.54. The molecule has 0 spiro atoms. The second kappa shape index (κ2) is 4.53. The Bertz CT molecular complexity index is 81.0. The highest BCUT2D eigenvalue weighted by Gasteiger charge is 2.02. The second-order valence-corrected chi connectivity index (χ2v) is 2.05. The molecule has 0 saturated heterocycles. The smallest absolute Gasteiger partial charge is 0.129 e. The standard InChI is InChI=1S/C7H15NO/c1-5-7(8(3)4)9-6-2/h5,7H,1,6H2,2-4H3. The molecule has 0 N–H and O–H groups in total. The molecule has 2 heteroatoms. The van der Waals surface area contributed by atoms with Crippen LogP contribution in [-0.2, 0) is 4.74 Å². The van der Waals surface area contributed by atoms with Crippen LogP contribution in [0.5, 0.6) is 0 Å². The lowest BCUT2D eigenvalue weighted by Crippen LogP contribution is -2.28. The summed E-state index contributed by atoms with van der Waals surface area (Å²) < 4.78 is 5.26. The number of nitrogens with zero attached hydrogens (tertiary/aromatic N) is 1. The molecule has 54 valence electrons. The summed E-state index contributed by atoms with van der Waals surface area (Å²) >= 11 is 0. The van der Waals surface area contributed by atoms with Crippen LogP contribution >= 0.6 is 0 Å². The van der Waals surface area contributed by atoms with Gasteiger partial charge in [-0.05, 0) is 27.1 Å². The van der Waals surface area contributed by atoms with E-state index in [2.05, 4.69) is 6.58 Å². The van der Waals surface area contributed by atoms with Crippen molar-refractivity contribution in [3.05, 3.63) is 12.7 Å². The van der Waals surface area contributed by atoms with Gasteiger partial charge in [-0.3, -0.25) is 4.90 Å². The molecule has 0 rings (SSSR count). The highest BCUT2D eigenvalue weighted by molar-refractivity contribution is 4.76. The van der Waals surface area contributed by atoms with Gasteiger partial charge in [0.15, 0.2) is 0 Å². The topological polar surface area (TPSA) is 12.5 Å². The number of likely N-dealkylation sites (N-methyl/N-ethyl adjacent to an activating group) is 1. The van der Waals surface area contributed by atoms with Crippen molar-refractivity contribution in [2.45, 2.75) is 13.2 Å². The summed E-state index contributed by atoms with van der Waals surface area (Å²) in [5.74, 6) is 0. The van der Waals surface area contributed by atoms with Gasteiger partial charge in [-0.25, -0.2) is 0 Å². The Morgan fingerprint density at radius 3 is 2.33 bits per heavy atom. The van der Waals surface area contributed by atoms with E-state index in [9.17, 15) is 0 Å². The molecule has 0 bridgehead atoms. The monoisotopic (exact) mass is 129 g/mol. The summed E-state index contributed by atoms with van der Waals surface area (Å²) in [6.07, 6.45) is 1.85. The zero-order valence-corrected chi connectivity index (χ0v) is 6.42. The molecular weight excluding hydrogens is 114 g/mol. The fourth-order valence-corrected chi connectivity index (χ4v) is 0.599. The number of rotatable bonds is 4. The van der Waals surface area contributed by atoms with Crippen molar-refractivity contribution < 1.29 is 4.74 Å². The third-order valence-corrected chi connectivity index (χ3v) is 1.05. The van der Waals surface area contributed by atoms with Crippen molar-refractivity contribution in [3.8, 4) is 0 Å². The Morgan fingerprint density at radius 1 is 1.67 bits per heavy atom. The summed E-state index contributed by atoms with van der Waals surface area (Å²) in [5, 5.41) is 0. The quantitative estimate of drug-likeness (QED) is 0.416. The van der Waals surface area contributed by atoms with Gasteiger partial charge in [0.1, 0.15) is 6.23 Å². The van der Waals surface area contributed by atoms with Crippen LogP contribution in [0.4, 0.5) is 0 Å². The van der Waals surface area contributed by atoms with Crippen molar-refractivity contribution in [2.24, 2.45) is 0 Å². The van der Waals surface area contributed by atoms with Crippen LogP contribution < -0.4 is 0 Å². The SMILES string of the molecule is C=CC(OCC)N(C)C. The van der Waals surface area contributed by atoms with Crippen LogP contribution in [0.15, 0.2) is 12.7 Å². The van der Waals surface area contributed by atoms with E-state index in [1.54, 1.807) is 6.08 Å². The van der Waals surface area contributed by atoms with E-state index in [-0.39, 0.29) is 6.23 Å². The number of hydrogen-bond acceptors (Lipinski definition) is 2. The molecule has 0 aliphatic carbocycles. The minimum absolute atomic E-state index is 0.0648. The van der Waals surface area contributed by atoms with Crippen LogP contribution in [0, 0.1) is 0 Å². The summed E-state index contributed by atoms with van der Waals surface area (Å²) in [4.78, 5) is 1.97. The zero-order chi connectivity index (χ0) is 7.28. The average Bonchev–Trinajstić information content (AvgIpc) is 1.82. The maximum atomic E-state index is 5.26. The summed E-state index contributed by atoms with van der Waals surface area (Å²) in [6.45, 7) is 6.34. The van der Waals surface area contributed by atoms with Gasteiger partial charge in [0.25, 0.3) is 0 Å². The first-order valence-electron chi connectivity index (χ1n) is 3.13. The molecule has 0 radical (unpaired) electrons. The van der Waals surface area contributed by atoms with Gasteiger partial charge < -0.3 is 4.74 Å². The molecular formula is C7H15NO. The molecule has 2 nitrogen and oxygen atoms in total. The van der Waals surface area contributed by atoms with E-state index in [1.807, 2.05) is 25.9 Å². The van der Waals surface area contributed by atoms with Gasteiger partial charge in [-0.2, -0.15) is 0 Å². The van der Waals surface area contributed by atoms with Crippen LogP contribution in [0.25, 0.3) is 0 Å². The van der Waals surface area contributed by atoms with Crippen molar-refractivity contribution in [2.75, 3.05) is 20.7 Å². The lowest BCUT2D eigenvalue weighted by atomic mass is 10.5. The molecule has 0 heterocycles. The van der Waals surface area contributed by atoms with E-state index < -0.39 is 0 Å². The first-order chi connectivity index (χ1) is 4.22. The van der Waals surface area contributed by atoms with E-state index >= 15 is 0 Å². The largest absolute Gasteiger partial charge is 0.360 e. The molecule has 0 aliphatic heterocycles. The van der Waals surface area contributed by atoms with Gasteiger partial charge in [-0.1, -0.05) is 6.58 Å². The number of hydrogen-bond donors (Lipinski definition) is 0. The molecule has 0 aromatic carbocycles. The van der Waals surface area contributed by atoms with Crippen LogP contribution in [0.1, 0.15) is 6.92 Å². The first kappa shape index (κ1) is 8.66. The highest BCUT2D eigenvalue weighted by atomic mass is 16.5. The molecule has 0 aliphatic rings. The van der Waals surface area contributed by atoms with Gasteiger partial charge in [0, 0.05) is 6.61 Å². The zero-order valence-electron chi connectivity index (χ0n) is 6.42. The average molecular weight is 129 g/mol. The lowest BCUT2D eigenvalue weighted by molar-refractivity contribution is 0.00507. The minimum atomic E-state index is 0.0648. The fourth-order valence-electron chi connectivity index (χ4n) is 0.599. The van der Waals surface area contributed by atoms with Crippen molar-refractivity contribution in [3.63, 3.8) is 0 Å². The van der Waals surface area contributed by atoms with Crippen molar-refractivity contribution in [1.29, 1.82) is 0 Å². The predicted octanol–water partition coefficient (Wildman–Crippen LogP) is 1.10. The van der Waals surface area contributed by atoms with Crippen molar-refractivity contribution in [1.82, 2.24) is 4.90 Å². The van der Waals surface area contributed by atoms with Gasteiger partial charge in [0.05, 0.1) is 0 Å². The number of ether oxygens (including phenoxy) is 1. The Morgan fingerprint density at radius 2 is 2.22 bits per heavy atom. The highest BCUT2D eigenvalue weighted by Crippen LogP contribution is 1.94. The molecule has 0 amide bonds. The molecule has 0 fully saturated rings. The van der Waals surface area contributed by atoms with E-state index in [0.29, 0.717) is 0 Å².